The number of ether oxygens (including phenoxy) is 2. The topological polar surface area (TPSA) is 97.1 Å². The SMILES string of the molecule is CCc1c2c(nc3ccc(OC(=O)N4CCC(N5CCCCC5)CC4)cc13)-c1cc3c(c(=O)n1C2)CO[C@@]3(O)CC. The Hall–Kier alpha value is -3.27. The molecule has 0 spiro atoms. The van der Waals surface area contributed by atoms with E-state index in [-0.39, 0.29) is 18.3 Å². The smallest absolute Gasteiger partial charge is 0.410 e. The van der Waals surface area contributed by atoms with Gasteiger partial charge in [-0.2, -0.15) is 0 Å². The molecule has 2 fully saturated rings. The lowest BCUT2D eigenvalue weighted by molar-refractivity contribution is -0.204. The average Bonchev–Trinajstić information content (AvgIpc) is 3.55. The highest BCUT2D eigenvalue weighted by molar-refractivity contribution is 5.89. The fourth-order valence-electron chi connectivity index (χ4n) is 7.31. The zero-order chi connectivity index (χ0) is 28.3. The van der Waals surface area contributed by atoms with Gasteiger partial charge in [0.15, 0.2) is 5.79 Å². The van der Waals surface area contributed by atoms with Gasteiger partial charge >= 0.3 is 6.09 Å². The van der Waals surface area contributed by atoms with Crippen LogP contribution in [0.3, 0.4) is 0 Å². The maximum Gasteiger partial charge on any atom is 0.415 e. The molecule has 1 N–H and O–H groups in total. The van der Waals surface area contributed by atoms with E-state index in [0.717, 1.165) is 60.1 Å². The Morgan fingerprint density at radius 2 is 1.88 bits per heavy atom. The van der Waals surface area contributed by atoms with Crippen LogP contribution >= 0.6 is 0 Å². The van der Waals surface area contributed by atoms with E-state index >= 15 is 0 Å². The summed E-state index contributed by atoms with van der Waals surface area (Å²) in [5, 5.41) is 11.9. The third-order valence-corrected chi connectivity index (χ3v) is 9.68. The monoisotopic (exact) mass is 558 g/mol. The van der Waals surface area contributed by atoms with Crippen LogP contribution in [0.4, 0.5) is 4.79 Å². The number of benzene rings is 1. The van der Waals surface area contributed by atoms with Crippen molar-refractivity contribution in [1.29, 1.82) is 0 Å². The number of amides is 1. The molecule has 0 aliphatic carbocycles. The van der Waals surface area contributed by atoms with Crippen molar-refractivity contribution >= 4 is 17.0 Å². The summed E-state index contributed by atoms with van der Waals surface area (Å²) in [4.78, 5) is 35.9. The highest BCUT2D eigenvalue weighted by atomic mass is 16.6. The van der Waals surface area contributed by atoms with Gasteiger partial charge in [-0.25, -0.2) is 9.78 Å². The lowest BCUT2D eigenvalue weighted by Crippen LogP contribution is -2.48. The van der Waals surface area contributed by atoms with Gasteiger partial charge in [0.05, 0.1) is 35.6 Å². The molecule has 7 rings (SSSR count). The number of aromatic nitrogens is 2. The van der Waals surface area contributed by atoms with Crippen molar-refractivity contribution in [2.75, 3.05) is 26.2 Å². The van der Waals surface area contributed by atoms with Crippen LogP contribution in [0.25, 0.3) is 22.3 Å². The van der Waals surface area contributed by atoms with Gasteiger partial charge in [-0.3, -0.25) is 4.79 Å². The van der Waals surface area contributed by atoms with E-state index in [2.05, 4.69) is 11.8 Å². The summed E-state index contributed by atoms with van der Waals surface area (Å²) in [5.41, 5.74) is 5.28. The second-order valence-corrected chi connectivity index (χ2v) is 11.9. The average molecular weight is 559 g/mol. The molecule has 1 atom stereocenters. The van der Waals surface area contributed by atoms with Crippen LogP contribution < -0.4 is 10.3 Å². The summed E-state index contributed by atoms with van der Waals surface area (Å²) in [5.74, 6) is -0.937. The molecular formula is C32H38N4O5. The Labute approximate surface area is 239 Å². The zero-order valence-electron chi connectivity index (χ0n) is 23.9. The minimum atomic E-state index is -1.45. The van der Waals surface area contributed by atoms with Crippen LogP contribution in [-0.2, 0) is 30.1 Å². The predicted molar refractivity (Wildman–Crippen MR) is 155 cm³/mol. The molecule has 2 saturated heterocycles. The summed E-state index contributed by atoms with van der Waals surface area (Å²) in [6.07, 6.45) is 6.69. The number of fused-ring (bicyclic) bond motifs is 5. The maximum atomic E-state index is 13.4. The number of hydrogen-bond acceptors (Lipinski definition) is 7. The molecule has 0 bridgehead atoms. The van der Waals surface area contributed by atoms with Gasteiger partial charge in [-0.15, -0.1) is 0 Å². The van der Waals surface area contributed by atoms with Crippen LogP contribution in [0.2, 0.25) is 0 Å². The second kappa shape index (κ2) is 10.2. The molecule has 3 aromatic rings. The van der Waals surface area contributed by atoms with Gasteiger partial charge in [0.25, 0.3) is 5.56 Å². The van der Waals surface area contributed by atoms with Gasteiger partial charge in [-0.1, -0.05) is 20.3 Å². The van der Waals surface area contributed by atoms with E-state index in [1.807, 2.05) is 30.0 Å². The number of rotatable bonds is 4. The van der Waals surface area contributed by atoms with Crippen LogP contribution in [0.15, 0.2) is 29.1 Å². The Kier molecular flexibility index (Phi) is 6.64. The Morgan fingerprint density at radius 1 is 1.10 bits per heavy atom. The molecule has 6 heterocycles. The summed E-state index contributed by atoms with van der Waals surface area (Å²) in [6, 6.07) is 8.05. The Balaban J connectivity index is 1.14. The number of nitrogens with zero attached hydrogens (tertiary/aromatic N) is 4. The number of carbonyl (C=O) groups excluding carboxylic acids is 1. The number of likely N-dealkylation sites (tertiary alicyclic amines) is 2. The van der Waals surface area contributed by atoms with Crippen molar-refractivity contribution in [2.45, 2.75) is 83.8 Å². The lowest BCUT2D eigenvalue weighted by atomic mass is 9.97. The molecule has 0 unspecified atom stereocenters. The third kappa shape index (κ3) is 4.37. The molecule has 4 aliphatic rings. The van der Waals surface area contributed by atoms with E-state index < -0.39 is 5.79 Å². The van der Waals surface area contributed by atoms with Crippen molar-refractivity contribution in [2.24, 2.45) is 0 Å². The highest BCUT2D eigenvalue weighted by Gasteiger charge is 2.41. The largest absolute Gasteiger partial charge is 0.415 e. The molecular weight excluding hydrogens is 520 g/mol. The summed E-state index contributed by atoms with van der Waals surface area (Å²) in [7, 11) is 0. The molecule has 1 amide bonds. The van der Waals surface area contributed by atoms with Crippen molar-refractivity contribution in [3.8, 4) is 17.1 Å². The summed E-state index contributed by atoms with van der Waals surface area (Å²) in [6.45, 7) is 8.27. The Morgan fingerprint density at radius 3 is 2.61 bits per heavy atom. The molecule has 216 valence electrons. The quantitative estimate of drug-likeness (QED) is 0.393. The highest BCUT2D eigenvalue weighted by Crippen LogP contribution is 2.41. The second-order valence-electron chi connectivity index (χ2n) is 11.9. The van der Waals surface area contributed by atoms with Crippen LogP contribution in [0, 0.1) is 0 Å². The van der Waals surface area contributed by atoms with E-state index in [1.165, 1.54) is 32.4 Å². The van der Waals surface area contributed by atoms with Crippen LogP contribution in [0.1, 0.15) is 74.6 Å². The van der Waals surface area contributed by atoms with E-state index in [4.69, 9.17) is 14.5 Å². The summed E-state index contributed by atoms with van der Waals surface area (Å²) < 4.78 is 13.2. The number of hydrogen-bond donors (Lipinski definition) is 1. The van der Waals surface area contributed by atoms with Gasteiger partial charge < -0.3 is 28.9 Å². The fourth-order valence-corrected chi connectivity index (χ4v) is 7.31. The van der Waals surface area contributed by atoms with Crippen LogP contribution in [0.5, 0.6) is 5.75 Å². The third-order valence-electron chi connectivity index (χ3n) is 9.68. The fraction of sp³-hybridized carbons (Fsp3) is 0.531. The number of piperidine rings is 2. The molecule has 9 nitrogen and oxygen atoms in total. The predicted octanol–water partition coefficient (Wildman–Crippen LogP) is 4.52. The molecule has 9 heteroatoms. The van der Waals surface area contributed by atoms with Gasteiger partial charge in [0.2, 0.25) is 0 Å². The summed E-state index contributed by atoms with van der Waals surface area (Å²) >= 11 is 0. The lowest BCUT2D eigenvalue weighted by Gasteiger charge is -2.39. The van der Waals surface area contributed by atoms with E-state index in [0.29, 0.717) is 41.6 Å². The first-order chi connectivity index (χ1) is 19.9. The molecule has 0 radical (unpaired) electrons. The number of aryl methyl sites for hydroxylation is 1. The number of aliphatic hydroxyl groups is 1. The standard InChI is InChI=1S/C32H38N4O5/c1-3-22-23-16-21(41-31(38)35-14-10-20(11-15-35)34-12-6-5-7-13-34)8-9-27(23)33-29-24(22)18-36-28(29)17-26-25(30(36)37)19-40-32(26,39)4-2/h8-9,16-17,20,39H,3-7,10-15,18-19H2,1-2H3/t32-/m0/s1. The van der Waals surface area contributed by atoms with Crippen molar-refractivity contribution < 1.29 is 19.4 Å². The van der Waals surface area contributed by atoms with E-state index in [9.17, 15) is 14.7 Å². The number of pyridine rings is 2. The minimum Gasteiger partial charge on any atom is -0.410 e. The molecule has 2 aromatic heterocycles. The van der Waals surface area contributed by atoms with Gasteiger partial charge in [0.1, 0.15) is 5.75 Å². The molecule has 4 aliphatic heterocycles. The first kappa shape index (κ1) is 26.6. The van der Waals surface area contributed by atoms with Crippen molar-refractivity contribution in [3.05, 3.63) is 56.9 Å². The molecule has 41 heavy (non-hydrogen) atoms. The Bertz CT molecular complexity index is 1590. The van der Waals surface area contributed by atoms with Gasteiger partial charge in [-0.05, 0) is 75.0 Å². The number of carbonyl (C=O) groups is 1. The molecule has 1 aromatic carbocycles. The normalized spacial score (nSPS) is 22.6. The van der Waals surface area contributed by atoms with Crippen molar-refractivity contribution in [3.63, 3.8) is 0 Å². The van der Waals surface area contributed by atoms with E-state index in [1.54, 1.807) is 10.6 Å². The first-order valence-electron chi connectivity index (χ1n) is 15.2. The van der Waals surface area contributed by atoms with Gasteiger partial charge in [0, 0.05) is 42.1 Å². The minimum absolute atomic E-state index is 0.107. The van der Waals surface area contributed by atoms with Crippen molar-refractivity contribution in [1.82, 2.24) is 19.4 Å². The maximum absolute atomic E-state index is 13.4. The first-order valence-corrected chi connectivity index (χ1v) is 15.2. The zero-order valence-corrected chi connectivity index (χ0v) is 23.9. The molecule has 0 saturated carbocycles. The van der Waals surface area contributed by atoms with Crippen LogP contribution in [-0.4, -0.2) is 62.8 Å².